The molecule has 0 fully saturated rings. The molecule has 6 heteroatoms. The van der Waals surface area contributed by atoms with Crippen molar-refractivity contribution in [1.82, 2.24) is 0 Å². The molecule has 0 radical (unpaired) electrons. The number of carbonyl (C=O) groups is 3. The molecule has 0 aliphatic rings. The molecule has 1 unspecified atom stereocenters. The third-order valence-corrected chi connectivity index (χ3v) is 10.4. The van der Waals surface area contributed by atoms with Crippen LogP contribution in [0.3, 0.4) is 0 Å². The van der Waals surface area contributed by atoms with E-state index >= 15 is 0 Å². The van der Waals surface area contributed by atoms with Gasteiger partial charge < -0.3 is 14.2 Å². The maximum atomic E-state index is 12.8. The number of ether oxygens (including phenoxy) is 3. The molecular weight excluding hydrogens is 805 g/mol. The fourth-order valence-corrected chi connectivity index (χ4v) is 6.54. The molecule has 0 saturated heterocycles. The number of hydrogen-bond donors (Lipinski definition) is 0. The molecule has 0 bridgehead atoms. The van der Waals surface area contributed by atoms with Crippen molar-refractivity contribution < 1.29 is 28.6 Å². The SMILES string of the molecule is CC\C=C/C=C\C=C/C=C\C=C/CCCCCC(=O)OCC(COC(=O)CCCCCCCCC/C=C\CCCCCCCC)OC(=O)CCCCC\C=C/C=C\C=C/C=C\C=C/CC. The average Bonchev–Trinajstić information content (AvgIpc) is 3.30. The fourth-order valence-electron chi connectivity index (χ4n) is 6.54. The van der Waals surface area contributed by atoms with E-state index in [1.54, 1.807) is 0 Å². The Morgan fingerprint density at radius 3 is 1.00 bits per heavy atom. The Bertz CT molecular complexity index is 1450. The van der Waals surface area contributed by atoms with Gasteiger partial charge in [-0.05, 0) is 83.5 Å². The molecule has 0 N–H and O–H groups in total. The Kier molecular flexibility index (Phi) is 48.6. The summed E-state index contributed by atoms with van der Waals surface area (Å²) in [5.74, 6) is -1.02. The zero-order valence-corrected chi connectivity index (χ0v) is 41.4. The first-order valence-electron chi connectivity index (χ1n) is 25.8. The summed E-state index contributed by atoms with van der Waals surface area (Å²) in [7, 11) is 0. The van der Waals surface area contributed by atoms with Crippen molar-refractivity contribution in [2.24, 2.45) is 0 Å². The van der Waals surface area contributed by atoms with Gasteiger partial charge in [0, 0.05) is 19.3 Å². The predicted octanol–water partition coefficient (Wildman–Crippen LogP) is 17.1. The van der Waals surface area contributed by atoms with E-state index in [0.29, 0.717) is 19.3 Å². The lowest BCUT2D eigenvalue weighted by Gasteiger charge is -2.18. The third-order valence-electron chi connectivity index (χ3n) is 10.4. The van der Waals surface area contributed by atoms with Gasteiger partial charge in [-0.2, -0.15) is 0 Å². The molecule has 65 heavy (non-hydrogen) atoms. The van der Waals surface area contributed by atoms with Crippen LogP contribution in [0.1, 0.15) is 201 Å². The molecule has 0 amide bonds. The lowest BCUT2D eigenvalue weighted by atomic mass is 10.1. The number of esters is 3. The Hall–Kier alpha value is -4.45. The van der Waals surface area contributed by atoms with Crippen molar-refractivity contribution in [1.29, 1.82) is 0 Å². The standard InChI is InChI=1S/C59H92O6/c1-4-7-10-13-16-19-22-25-28-29-32-34-37-40-43-46-49-52-58(61)64-55-56(65-59(62)53-50-47-44-41-38-35-31-27-24-21-18-15-12-9-6-3)54-63-57(60)51-48-45-42-39-36-33-30-26-23-20-17-14-11-8-5-2/h8-9,11-12,14-15,17-18,20-21,23-28,30-31,33,35-36,38,56H,4-7,10,13,16,19,22,29,32,34,37,39-55H2,1-3H3/b11-8-,12-9-,17-14-,18-15-,23-20-,24-21-,28-25-,30-26-,31-27-,36-33-,38-35-. The molecule has 0 aliphatic carbocycles. The van der Waals surface area contributed by atoms with Crippen LogP contribution >= 0.6 is 0 Å². The minimum atomic E-state index is -0.824. The topological polar surface area (TPSA) is 78.9 Å². The van der Waals surface area contributed by atoms with Gasteiger partial charge in [0.05, 0.1) is 0 Å². The first kappa shape index (κ1) is 60.5. The van der Waals surface area contributed by atoms with Crippen LogP contribution in [0.5, 0.6) is 0 Å². The van der Waals surface area contributed by atoms with Crippen LogP contribution < -0.4 is 0 Å². The molecule has 0 heterocycles. The van der Waals surface area contributed by atoms with E-state index in [4.69, 9.17) is 14.2 Å². The average molecular weight is 897 g/mol. The van der Waals surface area contributed by atoms with Gasteiger partial charge in [0.15, 0.2) is 6.10 Å². The normalized spacial score (nSPS) is 13.2. The van der Waals surface area contributed by atoms with Crippen molar-refractivity contribution in [3.63, 3.8) is 0 Å². The summed E-state index contributed by atoms with van der Waals surface area (Å²) in [6.07, 6.45) is 72.9. The van der Waals surface area contributed by atoms with E-state index in [1.165, 1.54) is 77.0 Å². The van der Waals surface area contributed by atoms with Crippen LogP contribution in [0.25, 0.3) is 0 Å². The second-order valence-electron chi connectivity index (χ2n) is 16.6. The Balaban J connectivity index is 4.56. The quantitative estimate of drug-likeness (QED) is 0.0199. The van der Waals surface area contributed by atoms with Gasteiger partial charge in [-0.3, -0.25) is 14.4 Å². The van der Waals surface area contributed by atoms with E-state index in [9.17, 15) is 14.4 Å². The molecule has 0 aromatic rings. The number of rotatable bonds is 44. The van der Waals surface area contributed by atoms with Crippen molar-refractivity contribution in [3.8, 4) is 0 Å². The van der Waals surface area contributed by atoms with E-state index in [1.807, 2.05) is 97.2 Å². The Morgan fingerprint density at radius 1 is 0.323 bits per heavy atom. The van der Waals surface area contributed by atoms with Crippen molar-refractivity contribution >= 4 is 17.9 Å². The highest BCUT2D eigenvalue weighted by Crippen LogP contribution is 2.13. The molecule has 0 rings (SSSR count). The second-order valence-corrected chi connectivity index (χ2v) is 16.6. The van der Waals surface area contributed by atoms with Crippen molar-refractivity contribution in [2.45, 2.75) is 207 Å². The van der Waals surface area contributed by atoms with Crippen LogP contribution in [-0.2, 0) is 28.6 Å². The number of carbonyl (C=O) groups excluding carboxylic acids is 3. The van der Waals surface area contributed by atoms with Gasteiger partial charge in [0.25, 0.3) is 0 Å². The van der Waals surface area contributed by atoms with Gasteiger partial charge >= 0.3 is 17.9 Å². The Labute approximate surface area is 398 Å². The maximum absolute atomic E-state index is 12.8. The second kappa shape index (κ2) is 52.2. The molecule has 6 nitrogen and oxygen atoms in total. The molecule has 0 aromatic heterocycles. The van der Waals surface area contributed by atoms with Crippen LogP contribution in [-0.4, -0.2) is 37.2 Å². The summed E-state index contributed by atoms with van der Waals surface area (Å²) < 4.78 is 16.7. The molecule has 0 aromatic carbocycles. The minimum absolute atomic E-state index is 0.117. The summed E-state index contributed by atoms with van der Waals surface area (Å²) >= 11 is 0. The molecule has 0 spiro atoms. The van der Waals surface area contributed by atoms with Crippen LogP contribution in [0.15, 0.2) is 134 Å². The monoisotopic (exact) mass is 897 g/mol. The van der Waals surface area contributed by atoms with Crippen molar-refractivity contribution in [3.05, 3.63) is 134 Å². The number of hydrogen-bond acceptors (Lipinski definition) is 6. The lowest BCUT2D eigenvalue weighted by molar-refractivity contribution is -0.167. The van der Waals surface area contributed by atoms with E-state index < -0.39 is 6.10 Å². The Morgan fingerprint density at radius 2 is 0.615 bits per heavy atom. The summed E-state index contributed by atoms with van der Waals surface area (Å²) in [6, 6.07) is 0. The van der Waals surface area contributed by atoms with Gasteiger partial charge in [-0.1, -0.05) is 231 Å². The van der Waals surface area contributed by atoms with E-state index in [-0.39, 0.29) is 37.5 Å². The first-order chi connectivity index (χ1) is 32.0. The van der Waals surface area contributed by atoms with Crippen LogP contribution in [0, 0.1) is 0 Å². The van der Waals surface area contributed by atoms with E-state index in [2.05, 4.69) is 57.2 Å². The summed E-state index contributed by atoms with van der Waals surface area (Å²) in [5.41, 5.74) is 0. The predicted molar refractivity (Wildman–Crippen MR) is 279 cm³/mol. The summed E-state index contributed by atoms with van der Waals surface area (Å²) in [4.78, 5) is 38.0. The molecule has 0 aliphatic heterocycles. The lowest BCUT2D eigenvalue weighted by Crippen LogP contribution is -2.30. The van der Waals surface area contributed by atoms with Crippen molar-refractivity contribution in [2.75, 3.05) is 13.2 Å². The zero-order valence-electron chi connectivity index (χ0n) is 41.4. The van der Waals surface area contributed by atoms with Crippen LogP contribution in [0.2, 0.25) is 0 Å². The molecule has 0 saturated carbocycles. The van der Waals surface area contributed by atoms with Crippen LogP contribution in [0.4, 0.5) is 0 Å². The van der Waals surface area contributed by atoms with E-state index in [0.717, 1.165) is 77.0 Å². The third kappa shape index (κ3) is 50.4. The highest BCUT2D eigenvalue weighted by Gasteiger charge is 2.19. The zero-order chi connectivity index (χ0) is 47.2. The van der Waals surface area contributed by atoms with Gasteiger partial charge in [0.2, 0.25) is 0 Å². The smallest absolute Gasteiger partial charge is 0.306 e. The first-order valence-corrected chi connectivity index (χ1v) is 25.8. The molecule has 1 atom stereocenters. The maximum Gasteiger partial charge on any atom is 0.306 e. The molecular formula is C59H92O6. The number of unbranched alkanes of at least 4 members (excludes halogenated alkanes) is 19. The van der Waals surface area contributed by atoms with Gasteiger partial charge in [0.1, 0.15) is 13.2 Å². The molecule has 364 valence electrons. The van der Waals surface area contributed by atoms with Gasteiger partial charge in [-0.15, -0.1) is 0 Å². The minimum Gasteiger partial charge on any atom is -0.462 e. The summed E-state index contributed by atoms with van der Waals surface area (Å²) in [6.45, 7) is 6.25. The highest BCUT2D eigenvalue weighted by atomic mass is 16.6. The highest BCUT2D eigenvalue weighted by molar-refractivity contribution is 5.71. The fraction of sp³-hybridized carbons (Fsp3) is 0.576. The van der Waals surface area contributed by atoms with Gasteiger partial charge in [-0.25, -0.2) is 0 Å². The summed E-state index contributed by atoms with van der Waals surface area (Å²) in [5, 5.41) is 0. The largest absolute Gasteiger partial charge is 0.462 e. The number of allylic oxidation sites excluding steroid dienone is 22.